The largest absolute Gasteiger partial charge is 0.465 e. The Bertz CT molecular complexity index is 353. The first-order chi connectivity index (χ1) is 7.75. The predicted octanol–water partition coefficient (Wildman–Crippen LogP) is 1.18. The Labute approximate surface area is 94.9 Å². The van der Waals surface area contributed by atoms with Crippen LogP contribution < -0.4 is 5.32 Å². The summed E-state index contributed by atoms with van der Waals surface area (Å²) in [6.45, 7) is 1.90. The second-order valence-corrected chi connectivity index (χ2v) is 4.07. The maximum Gasteiger partial charge on any atom is 0.407 e. The average Bonchev–Trinajstić information content (AvgIpc) is 2.30. The van der Waals surface area contributed by atoms with Crippen molar-refractivity contribution < 1.29 is 9.90 Å². The highest BCUT2D eigenvalue weighted by atomic mass is 16.4. The molecule has 1 aromatic carbocycles. The van der Waals surface area contributed by atoms with Gasteiger partial charge >= 0.3 is 6.09 Å². The van der Waals surface area contributed by atoms with Crippen LogP contribution in [0.25, 0.3) is 0 Å². The molecule has 1 amide bonds. The zero-order valence-corrected chi connectivity index (χ0v) is 9.10. The van der Waals surface area contributed by atoms with Gasteiger partial charge < -0.3 is 15.3 Å². The molecule has 16 heavy (non-hydrogen) atoms. The van der Waals surface area contributed by atoms with Crippen molar-refractivity contribution in [2.24, 2.45) is 0 Å². The van der Waals surface area contributed by atoms with E-state index in [1.807, 2.05) is 18.2 Å². The standard InChI is InChI=1S/C12H16N2O2/c15-12(16)14-7-6-13-11(9-14)8-10-4-2-1-3-5-10/h1-5,11,13H,6-9H2,(H,15,16)/t11-/m0/s1. The van der Waals surface area contributed by atoms with E-state index < -0.39 is 6.09 Å². The first-order valence-electron chi connectivity index (χ1n) is 5.51. The summed E-state index contributed by atoms with van der Waals surface area (Å²) < 4.78 is 0. The van der Waals surface area contributed by atoms with Crippen molar-refractivity contribution >= 4 is 6.09 Å². The first kappa shape index (κ1) is 11.0. The van der Waals surface area contributed by atoms with Crippen LogP contribution in [-0.4, -0.2) is 41.8 Å². The van der Waals surface area contributed by atoms with E-state index in [1.165, 1.54) is 10.5 Å². The van der Waals surface area contributed by atoms with Gasteiger partial charge in [-0.3, -0.25) is 0 Å². The summed E-state index contributed by atoms with van der Waals surface area (Å²) in [5.74, 6) is 0. The van der Waals surface area contributed by atoms with Gasteiger partial charge in [-0.15, -0.1) is 0 Å². The molecule has 1 aliphatic heterocycles. The Kier molecular flexibility index (Phi) is 3.41. The van der Waals surface area contributed by atoms with Crippen LogP contribution in [0.15, 0.2) is 30.3 Å². The number of benzene rings is 1. The maximum absolute atomic E-state index is 10.9. The third-order valence-electron chi connectivity index (χ3n) is 2.85. The molecule has 86 valence electrons. The highest BCUT2D eigenvalue weighted by Crippen LogP contribution is 2.07. The maximum atomic E-state index is 10.9. The highest BCUT2D eigenvalue weighted by molar-refractivity contribution is 5.65. The van der Waals surface area contributed by atoms with Crippen molar-refractivity contribution in [3.05, 3.63) is 35.9 Å². The quantitative estimate of drug-likeness (QED) is 0.787. The number of hydrogen-bond donors (Lipinski definition) is 2. The Morgan fingerprint density at radius 1 is 1.44 bits per heavy atom. The van der Waals surface area contributed by atoms with Gasteiger partial charge in [-0.2, -0.15) is 0 Å². The molecule has 1 atom stereocenters. The molecule has 1 heterocycles. The minimum Gasteiger partial charge on any atom is -0.465 e. The summed E-state index contributed by atoms with van der Waals surface area (Å²) in [6.07, 6.45) is 0.0597. The van der Waals surface area contributed by atoms with Crippen molar-refractivity contribution in [3.8, 4) is 0 Å². The fourth-order valence-electron chi connectivity index (χ4n) is 2.03. The Morgan fingerprint density at radius 2 is 2.19 bits per heavy atom. The number of nitrogens with one attached hydrogen (secondary N) is 1. The van der Waals surface area contributed by atoms with Gasteiger partial charge in [0, 0.05) is 25.7 Å². The first-order valence-corrected chi connectivity index (χ1v) is 5.51. The van der Waals surface area contributed by atoms with Crippen LogP contribution in [0.2, 0.25) is 0 Å². The molecule has 0 aromatic heterocycles. The number of hydrogen-bond acceptors (Lipinski definition) is 2. The van der Waals surface area contributed by atoms with Crippen molar-refractivity contribution in [1.82, 2.24) is 10.2 Å². The molecule has 2 rings (SSSR count). The molecule has 0 radical (unpaired) electrons. The molecular weight excluding hydrogens is 204 g/mol. The van der Waals surface area contributed by atoms with E-state index in [9.17, 15) is 4.79 Å². The van der Waals surface area contributed by atoms with E-state index in [2.05, 4.69) is 17.4 Å². The van der Waals surface area contributed by atoms with Gasteiger partial charge in [0.15, 0.2) is 0 Å². The van der Waals surface area contributed by atoms with E-state index in [0.717, 1.165) is 13.0 Å². The molecule has 4 nitrogen and oxygen atoms in total. The molecule has 4 heteroatoms. The van der Waals surface area contributed by atoms with E-state index in [0.29, 0.717) is 13.1 Å². The van der Waals surface area contributed by atoms with E-state index in [1.54, 1.807) is 0 Å². The minimum atomic E-state index is -0.820. The summed E-state index contributed by atoms with van der Waals surface area (Å²) in [7, 11) is 0. The van der Waals surface area contributed by atoms with Crippen molar-refractivity contribution in [3.63, 3.8) is 0 Å². The molecule has 0 spiro atoms. The molecule has 1 aromatic rings. The fraction of sp³-hybridized carbons (Fsp3) is 0.417. The second kappa shape index (κ2) is 4.99. The Hall–Kier alpha value is -1.55. The lowest BCUT2D eigenvalue weighted by molar-refractivity contribution is 0.128. The lowest BCUT2D eigenvalue weighted by Gasteiger charge is -2.31. The van der Waals surface area contributed by atoms with Crippen LogP contribution in [0.5, 0.6) is 0 Å². The lowest BCUT2D eigenvalue weighted by atomic mass is 10.0. The lowest BCUT2D eigenvalue weighted by Crippen LogP contribution is -2.53. The van der Waals surface area contributed by atoms with E-state index in [-0.39, 0.29) is 6.04 Å². The van der Waals surface area contributed by atoms with E-state index in [4.69, 9.17) is 5.11 Å². The zero-order valence-electron chi connectivity index (χ0n) is 9.10. The molecule has 0 saturated carbocycles. The number of piperazine rings is 1. The average molecular weight is 220 g/mol. The molecule has 1 saturated heterocycles. The number of amides is 1. The van der Waals surface area contributed by atoms with Gasteiger partial charge in [0.2, 0.25) is 0 Å². The molecular formula is C12H16N2O2. The third kappa shape index (κ3) is 2.73. The fourth-order valence-corrected chi connectivity index (χ4v) is 2.03. The number of rotatable bonds is 2. The molecule has 2 N–H and O–H groups in total. The normalized spacial score (nSPS) is 20.8. The monoisotopic (exact) mass is 220 g/mol. The summed E-state index contributed by atoms with van der Waals surface area (Å²) in [4.78, 5) is 12.3. The van der Waals surface area contributed by atoms with Gasteiger partial charge in [0.1, 0.15) is 0 Å². The van der Waals surface area contributed by atoms with Crippen LogP contribution in [-0.2, 0) is 6.42 Å². The minimum absolute atomic E-state index is 0.229. The topological polar surface area (TPSA) is 52.6 Å². The van der Waals surface area contributed by atoms with Crippen molar-refractivity contribution in [2.75, 3.05) is 19.6 Å². The van der Waals surface area contributed by atoms with Gasteiger partial charge in [-0.1, -0.05) is 30.3 Å². The smallest absolute Gasteiger partial charge is 0.407 e. The van der Waals surface area contributed by atoms with Crippen LogP contribution in [0.4, 0.5) is 4.79 Å². The number of nitrogens with zero attached hydrogens (tertiary/aromatic N) is 1. The second-order valence-electron chi connectivity index (χ2n) is 4.07. The predicted molar refractivity (Wildman–Crippen MR) is 61.5 cm³/mol. The number of carbonyl (C=O) groups is 1. The zero-order chi connectivity index (χ0) is 11.4. The molecule has 0 bridgehead atoms. The van der Waals surface area contributed by atoms with Crippen molar-refractivity contribution in [1.29, 1.82) is 0 Å². The highest BCUT2D eigenvalue weighted by Gasteiger charge is 2.22. The SMILES string of the molecule is O=C(O)N1CCN[C@@H](Cc2ccccc2)C1. The molecule has 0 aliphatic carbocycles. The van der Waals surface area contributed by atoms with Gasteiger partial charge in [0.05, 0.1) is 0 Å². The molecule has 1 aliphatic rings. The van der Waals surface area contributed by atoms with Crippen LogP contribution in [0.3, 0.4) is 0 Å². The van der Waals surface area contributed by atoms with Gasteiger partial charge in [0.25, 0.3) is 0 Å². The van der Waals surface area contributed by atoms with Gasteiger partial charge in [-0.05, 0) is 12.0 Å². The summed E-state index contributed by atoms with van der Waals surface area (Å²) in [5, 5.41) is 12.3. The van der Waals surface area contributed by atoms with Crippen molar-refractivity contribution in [2.45, 2.75) is 12.5 Å². The Balaban J connectivity index is 1.93. The van der Waals surface area contributed by atoms with E-state index >= 15 is 0 Å². The summed E-state index contributed by atoms with van der Waals surface area (Å²) in [6, 6.07) is 10.4. The van der Waals surface area contributed by atoms with Crippen LogP contribution in [0.1, 0.15) is 5.56 Å². The van der Waals surface area contributed by atoms with Crippen LogP contribution in [0, 0.1) is 0 Å². The molecule has 0 unspecified atom stereocenters. The summed E-state index contributed by atoms with van der Waals surface area (Å²) in [5.41, 5.74) is 1.24. The van der Waals surface area contributed by atoms with Gasteiger partial charge in [-0.25, -0.2) is 4.79 Å². The number of carboxylic acid groups (broad SMARTS) is 1. The molecule has 1 fully saturated rings. The third-order valence-corrected chi connectivity index (χ3v) is 2.85. The van der Waals surface area contributed by atoms with Crippen LogP contribution >= 0.6 is 0 Å². The Morgan fingerprint density at radius 3 is 2.88 bits per heavy atom. The summed E-state index contributed by atoms with van der Waals surface area (Å²) >= 11 is 0.